The van der Waals surface area contributed by atoms with Crippen molar-refractivity contribution >= 4 is 29.1 Å². The molecule has 1 heterocycles. The molecule has 0 fully saturated rings. The van der Waals surface area contributed by atoms with Gasteiger partial charge in [-0.3, -0.25) is 9.59 Å². The Labute approximate surface area is 222 Å². The Morgan fingerprint density at radius 2 is 1.92 bits per heavy atom. The molecule has 1 aliphatic carbocycles. The highest BCUT2D eigenvalue weighted by Crippen LogP contribution is 2.48. The fourth-order valence-electron chi connectivity index (χ4n) is 4.73. The highest BCUT2D eigenvalue weighted by atomic mass is 32.2. The van der Waals surface area contributed by atoms with Gasteiger partial charge in [0.2, 0.25) is 5.91 Å². The SMILES string of the molecule is COc1ccc([C@@H]2C(C#N)=C(SCC(=O)Nc3cccc(C(F)(F)F)c3)NC3=C2C(=O)CC(C)(C)C3)cc1. The van der Waals surface area contributed by atoms with Crippen LogP contribution in [0.1, 0.15) is 43.7 Å². The number of nitrogens with zero attached hydrogens (tertiary/aromatic N) is 1. The number of ketones is 1. The number of methoxy groups -OCH3 is 1. The van der Waals surface area contributed by atoms with Gasteiger partial charge in [0.1, 0.15) is 5.75 Å². The summed E-state index contributed by atoms with van der Waals surface area (Å²) in [6.07, 6.45) is -3.60. The molecular weight excluding hydrogens is 515 g/mol. The number of thioether (sulfide) groups is 1. The van der Waals surface area contributed by atoms with Crippen LogP contribution in [0.3, 0.4) is 0 Å². The maximum absolute atomic E-state index is 13.3. The second-order valence-electron chi connectivity index (χ2n) is 9.93. The quantitative estimate of drug-likeness (QED) is 0.456. The van der Waals surface area contributed by atoms with E-state index in [-0.39, 0.29) is 22.6 Å². The first-order chi connectivity index (χ1) is 17.9. The molecule has 0 spiro atoms. The summed E-state index contributed by atoms with van der Waals surface area (Å²) in [5.74, 6) is -0.694. The lowest BCUT2D eigenvalue weighted by molar-refractivity contribution is -0.137. The normalized spacial score (nSPS) is 18.9. The van der Waals surface area contributed by atoms with Crippen molar-refractivity contribution in [2.75, 3.05) is 18.2 Å². The van der Waals surface area contributed by atoms with Gasteiger partial charge in [0.05, 0.1) is 41.0 Å². The van der Waals surface area contributed by atoms with Gasteiger partial charge in [-0.2, -0.15) is 18.4 Å². The molecule has 10 heteroatoms. The number of dihydropyridines is 1. The number of anilines is 1. The number of carbonyl (C=O) groups excluding carboxylic acids is 2. The van der Waals surface area contributed by atoms with Crippen LogP contribution in [0.4, 0.5) is 18.9 Å². The van der Waals surface area contributed by atoms with Crippen molar-refractivity contribution in [2.24, 2.45) is 5.41 Å². The van der Waals surface area contributed by atoms with Gasteiger partial charge in [0.25, 0.3) is 0 Å². The summed E-state index contributed by atoms with van der Waals surface area (Å²) < 4.78 is 44.3. The van der Waals surface area contributed by atoms with Crippen LogP contribution in [0.5, 0.6) is 5.75 Å². The molecule has 0 saturated heterocycles. The monoisotopic (exact) mass is 541 g/mol. The van der Waals surface area contributed by atoms with E-state index in [4.69, 9.17) is 4.74 Å². The van der Waals surface area contributed by atoms with Gasteiger partial charge in [0, 0.05) is 23.4 Å². The summed E-state index contributed by atoms with van der Waals surface area (Å²) in [6.45, 7) is 4.00. The Morgan fingerprint density at radius 3 is 2.55 bits per heavy atom. The predicted molar refractivity (Wildman–Crippen MR) is 139 cm³/mol. The smallest absolute Gasteiger partial charge is 0.416 e. The third-order valence-corrected chi connectivity index (χ3v) is 7.41. The topological polar surface area (TPSA) is 91.2 Å². The molecule has 0 unspecified atom stereocenters. The van der Waals surface area contributed by atoms with E-state index < -0.39 is 23.6 Å². The lowest BCUT2D eigenvalue weighted by Crippen LogP contribution is -2.37. The molecule has 0 aromatic heterocycles. The number of alkyl halides is 3. The molecule has 0 bridgehead atoms. The summed E-state index contributed by atoms with van der Waals surface area (Å²) in [7, 11) is 1.55. The first kappa shape index (κ1) is 27.3. The van der Waals surface area contributed by atoms with Crippen molar-refractivity contribution in [3.8, 4) is 11.8 Å². The van der Waals surface area contributed by atoms with Gasteiger partial charge >= 0.3 is 6.18 Å². The maximum atomic E-state index is 13.3. The van der Waals surface area contributed by atoms with Crippen molar-refractivity contribution in [3.63, 3.8) is 0 Å². The van der Waals surface area contributed by atoms with Gasteiger partial charge in [-0.05, 0) is 47.7 Å². The number of allylic oxidation sites excluding steroid dienone is 3. The van der Waals surface area contributed by atoms with Crippen molar-refractivity contribution < 1.29 is 27.5 Å². The van der Waals surface area contributed by atoms with E-state index in [1.807, 2.05) is 26.0 Å². The summed E-state index contributed by atoms with van der Waals surface area (Å²) in [5, 5.41) is 16.3. The van der Waals surface area contributed by atoms with Crippen LogP contribution in [-0.2, 0) is 15.8 Å². The summed E-state index contributed by atoms with van der Waals surface area (Å²) in [5.41, 5.74) is 1.19. The van der Waals surface area contributed by atoms with Crippen LogP contribution in [-0.4, -0.2) is 24.6 Å². The molecule has 2 N–H and O–H groups in total. The molecule has 4 rings (SSSR count). The zero-order valence-electron chi connectivity index (χ0n) is 21.0. The van der Waals surface area contributed by atoms with E-state index in [0.29, 0.717) is 40.5 Å². The fraction of sp³-hybridized carbons (Fsp3) is 0.321. The number of rotatable bonds is 6. The molecule has 2 aliphatic rings. The first-order valence-corrected chi connectivity index (χ1v) is 12.8. The van der Waals surface area contributed by atoms with Crippen molar-refractivity contribution in [1.82, 2.24) is 5.32 Å². The second kappa shape index (κ2) is 10.6. The highest BCUT2D eigenvalue weighted by molar-refractivity contribution is 8.03. The number of benzene rings is 2. The lowest BCUT2D eigenvalue weighted by atomic mass is 9.69. The number of amides is 1. The second-order valence-corrected chi connectivity index (χ2v) is 10.9. The number of nitriles is 1. The van der Waals surface area contributed by atoms with Crippen LogP contribution in [0.2, 0.25) is 0 Å². The first-order valence-electron chi connectivity index (χ1n) is 11.8. The fourth-order valence-corrected chi connectivity index (χ4v) is 5.59. The third kappa shape index (κ3) is 5.89. The molecule has 38 heavy (non-hydrogen) atoms. The van der Waals surface area contributed by atoms with Gasteiger partial charge in [-0.15, -0.1) is 0 Å². The van der Waals surface area contributed by atoms with Crippen molar-refractivity contribution in [2.45, 2.75) is 38.8 Å². The number of nitrogens with one attached hydrogen (secondary N) is 2. The van der Waals surface area contributed by atoms with Crippen LogP contribution in [0.15, 0.2) is 70.4 Å². The minimum absolute atomic E-state index is 0.0252. The number of halogens is 3. The molecule has 0 saturated carbocycles. The van der Waals surface area contributed by atoms with E-state index in [2.05, 4.69) is 16.7 Å². The van der Waals surface area contributed by atoms with Crippen LogP contribution < -0.4 is 15.4 Å². The van der Waals surface area contributed by atoms with Gasteiger partial charge < -0.3 is 15.4 Å². The van der Waals surface area contributed by atoms with Gasteiger partial charge in [-0.25, -0.2) is 0 Å². The molecule has 6 nitrogen and oxygen atoms in total. The van der Waals surface area contributed by atoms with Crippen LogP contribution in [0, 0.1) is 16.7 Å². The van der Waals surface area contributed by atoms with E-state index in [1.54, 1.807) is 19.2 Å². The molecular formula is C28H26F3N3O3S. The Bertz CT molecular complexity index is 1370. The number of Topliss-reactive ketones (excluding diaryl/α,β-unsaturated/α-hetero) is 1. The van der Waals surface area contributed by atoms with E-state index in [0.717, 1.165) is 29.5 Å². The van der Waals surface area contributed by atoms with Crippen molar-refractivity contribution in [1.29, 1.82) is 5.26 Å². The number of hydrogen-bond acceptors (Lipinski definition) is 6. The van der Waals surface area contributed by atoms with Crippen LogP contribution >= 0.6 is 11.8 Å². The van der Waals surface area contributed by atoms with Crippen LogP contribution in [0.25, 0.3) is 0 Å². The standard InChI is InChI=1S/C28H26F3N3O3S/c1-27(2)12-21-25(22(35)13-27)24(16-7-9-19(37-3)10-8-16)20(14-32)26(34-21)38-15-23(36)33-18-6-4-5-17(11-18)28(29,30)31/h4-11,24,34H,12-13,15H2,1-3H3,(H,33,36)/t24-/m1/s1. The summed E-state index contributed by atoms with van der Waals surface area (Å²) >= 11 is 1.07. The maximum Gasteiger partial charge on any atom is 0.416 e. The number of carbonyl (C=O) groups is 2. The molecule has 198 valence electrons. The molecule has 0 radical (unpaired) electrons. The number of ether oxygens (including phenoxy) is 1. The Balaban J connectivity index is 1.62. The summed E-state index contributed by atoms with van der Waals surface area (Å²) in [6, 6.07) is 13.8. The zero-order valence-corrected chi connectivity index (χ0v) is 21.8. The third-order valence-electron chi connectivity index (χ3n) is 6.40. The minimum Gasteiger partial charge on any atom is -0.497 e. The number of hydrogen-bond donors (Lipinski definition) is 2. The van der Waals surface area contributed by atoms with Gasteiger partial charge in [0.15, 0.2) is 5.78 Å². The molecule has 1 atom stereocenters. The van der Waals surface area contributed by atoms with Gasteiger partial charge in [-0.1, -0.05) is 43.8 Å². The van der Waals surface area contributed by atoms with E-state index in [9.17, 15) is 28.0 Å². The highest BCUT2D eigenvalue weighted by Gasteiger charge is 2.42. The average molecular weight is 542 g/mol. The van der Waals surface area contributed by atoms with E-state index >= 15 is 0 Å². The Morgan fingerprint density at radius 1 is 1.21 bits per heavy atom. The predicted octanol–water partition coefficient (Wildman–Crippen LogP) is 6.15. The average Bonchev–Trinajstić information content (AvgIpc) is 2.85. The van der Waals surface area contributed by atoms with Crippen molar-refractivity contribution in [3.05, 3.63) is 81.5 Å². The minimum atomic E-state index is -4.53. The Hall–Kier alpha value is -3.71. The molecule has 2 aromatic rings. The molecule has 2 aromatic carbocycles. The lowest BCUT2D eigenvalue weighted by Gasteiger charge is -2.39. The zero-order chi connectivity index (χ0) is 27.7. The molecule has 1 aliphatic heterocycles. The van der Waals surface area contributed by atoms with E-state index in [1.165, 1.54) is 12.1 Å². The Kier molecular flexibility index (Phi) is 7.61. The largest absolute Gasteiger partial charge is 0.497 e. The molecule has 1 amide bonds. The summed E-state index contributed by atoms with van der Waals surface area (Å²) in [4.78, 5) is 25.9.